The zero-order valence-electron chi connectivity index (χ0n) is 11.2. The highest BCUT2D eigenvalue weighted by molar-refractivity contribution is 6.31. The standard InChI is InChI=1S/C17H15ClN2/c1-19-16(17-15(18)10-5-11-20-17)14-9-4-7-12-6-2-3-8-13(12)14/h2-11,16,19H,1H3. The van der Waals surface area contributed by atoms with Gasteiger partial charge in [-0.05, 0) is 35.5 Å². The summed E-state index contributed by atoms with van der Waals surface area (Å²) in [6.45, 7) is 0. The Hall–Kier alpha value is -1.90. The van der Waals surface area contributed by atoms with Crippen LogP contribution in [0.4, 0.5) is 0 Å². The van der Waals surface area contributed by atoms with Crippen molar-refractivity contribution in [3.8, 4) is 0 Å². The summed E-state index contributed by atoms with van der Waals surface area (Å²) in [5.74, 6) is 0. The Morgan fingerprint density at radius 3 is 2.60 bits per heavy atom. The van der Waals surface area contributed by atoms with Crippen LogP contribution >= 0.6 is 11.6 Å². The van der Waals surface area contributed by atoms with Crippen molar-refractivity contribution < 1.29 is 0 Å². The Labute approximate surface area is 123 Å². The summed E-state index contributed by atoms with van der Waals surface area (Å²) in [5, 5.41) is 6.44. The molecule has 0 amide bonds. The average Bonchev–Trinajstić information content (AvgIpc) is 2.50. The molecule has 1 aromatic heterocycles. The van der Waals surface area contributed by atoms with E-state index in [0.29, 0.717) is 5.02 Å². The molecule has 1 unspecified atom stereocenters. The topological polar surface area (TPSA) is 24.9 Å². The van der Waals surface area contributed by atoms with Gasteiger partial charge < -0.3 is 5.32 Å². The maximum atomic E-state index is 6.30. The zero-order chi connectivity index (χ0) is 13.9. The third kappa shape index (κ3) is 2.28. The van der Waals surface area contributed by atoms with Crippen LogP contribution in [0.1, 0.15) is 17.3 Å². The summed E-state index contributed by atoms with van der Waals surface area (Å²) in [7, 11) is 1.93. The number of hydrogen-bond acceptors (Lipinski definition) is 2. The number of rotatable bonds is 3. The highest BCUT2D eigenvalue weighted by atomic mass is 35.5. The van der Waals surface area contributed by atoms with Crippen LogP contribution < -0.4 is 5.32 Å². The third-order valence-electron chi connectivity index (χ3n) is 3.48. The lowest BCUT2D eigenvalue weighted by atomic mass is 9.96. The first-order chi connectivity index (χ1) is 9.81. The molecule has 0 aliphatic rings. The fourth-order valence-corrected chi connectivity index (χ4v) is 2.78. The maximum Gasteiger partial charge on any atom is 0.0804 e. The van der Waals surface area contributed by atoms with E-state index >= 15 is 0 Å². The second-order valence-corrected chi connectivity index (χ2v) is 5.07. The van der Waals surface area contributed by atoms with Crippen LogP contribution in [0.15, 0.2) is 60.8 Å². The minimum absolute atomic E-state index is 0.0187. The quantitative estimate of drug-likeness (QED) is 0.779. The molecular formula is C17H15ClN2. The number of benzene rings is 2. The van der Waals surface area contributed by atoms with Crippen molar-refractivity contribution in [3.05, 3.63) is 77.1 Å². The molecule has 0 bridgehead atoms. The maximum absolute atomic E-state index is 6.30. The van der Waals surface area contributed by atoms with Gasteiger partial charge in [0, 0.05) is 6.20 Å². The molecule has 3 aromatic rings. The number of fused-ring (bicyclic) bond motifs is 1. The largest absolute Gasteiger partial charge is 0.308 e. The van der Waals surface area contributed by atoms with Crippen molar-refractivity contribution in [2.75, 3.05) is 7.05 Å². The van der Waals surface area contributed by atoms with Gasteiger partial charge in [-0.1, -0.05) is 54.1 Å². The van der Waals surface area contributed by atoms with Gasteiger partial charge in [0.2, 0.25) is 0 Å². The number of nitrogens with zero attached hydrogens (tertiary/aromatic N) is 1. The van der Waals surface area contributed by atoms with E-state index in [2.05, 4.69) is 46.7 Å². The summed E-state index contributed by atoms with van der Waals surface area (Å²) < 4.78 is 0. The summed E-state index contributed by atoms with van der Waals surface area (Å²) in [5.41, 5.74) is 2.04. The van der Waals surface area contributed by atoms with E-state index in [0.717, 1.165) is 5.69 Å². The van der Waals surface area contributed by atoms with Gasteiger partial charge >= 0.3 is 0 Å². The van der Waals surface area contributed by atoms with Crippen LogP contribution in [0.3, 0.4) is 0 Å². The molecule has 1 atom stereocenters. The van der Waals surface area contributed by atoms with E-state index in [9.17, 15) is 0 Å². The minimum atomic E-state index is -0.0187. The van der Waals surface area contributed by atoms with Gasteiger partial charge in [-0.25, -0.2) is 0 Å². The number of aromatic nitrogens is 1. The van der Waals surface area contributed by atoms with Crippen molar-refractivity contribution in [2.45, 2.75) is 6.04 Å². The van der Waals surface area contributed by atoms with E-state index < -0.39 is 0 Å². The van der Waals surface area contributed by atoms with Gasteiger partial charge in [-0.2, -0.15) is 0 Å². The highest BCUT2D eigenvalue weighted by Gasteiger charge is 2.18. The fraction of sp³-hybridized carbons (Fsp3) is 0.118. The fourth-order valence-electron chi connectivity index (χ4n) is 2.55. The van der Waals surface area contributed by atoms with E-state index in [1.807, 2.05) is 25.2 Å². The lowest BCUT2D eigenvalue weighted by molar-refractivity contribution is 0.676. The minimum Gasteiger partial charge on any atom is -0.308 e. The van der Waals surface area contributed by atoms with Crippen LogP contribution in [0.5, 0.6) is 0 Å². The molecule has 0 radical (unpaired) electrons. The van der Waals surface area contributed by atoms with Crippen LogP contribution in [-0.4, -0.2) is 12.0 Å². The van der Waals surface area contributed by atoms with Gasteiger partial charge in [0.05, 0.1) is 16.8 Å². The molecule has 0 saturated carbocycles. The third-order valence-corrected chi connectivity index (χ3v) is 3.80. The SMILES string of the molecule is CNC(c1ncccc1Cl)c1cccc2ccccc12. The zero-order valence-corrected chi connectivity index (χ0v) is 11.9. The molecule has 1 heterocycles. The van der Waals surface area contributed by atoms with Gasteiger partial charge in [-0.3, -0.25) is 4.98 Å². The van der Waals surface area contributed by atoms with Gasteiger partial charge in [-0.15, -0.1) is 0 Å². The Morgan fingerprint density at radius 1 is 1.00 bits per heavy atom. The number of halogens is 1. The molecule has 0 spiro atoms. The second kappa shape index (κ2) is 5.61. The molecule has 3 heteroatoms. The predicted molar refractivity (Wildman–Crippen MR) is 84.1 cm³/mol. The van der Waals surface area contributed by atoms with Crippen molar-refractivity contribution in [1.29, 1.82) is 0 Å². The molecule has 3 rings (SSSR count). The molecule has 20 heavy (non-hydrogen) atoms. The molecule has 2 aromatic carbocycles. The van der Waals surface area contributed by atoms with Crippen molar-refractivity contribution in [2.24, 2.45) is 0 Å². The number of pyridine rings is 1. The number of nitrogens with one attached hydrogen (secondary N) is 1. The summed E-state index contributed by atoms with van der Waals surface area (Å²) in [4.78, 5) is 4.44. The van der Waals surface area contributed by atoms with Crippen LogP contribution in [0.25, 0.3) is 10.8 Å². The normalized spacial score (nSPS) is 12.5. The Bertz CT molecular complexity index is 734. The summed E-state index contributed by atoms with van der Waals surface area (Å²) in [6.07, 6.45) is 1.77. The first kappa shape index (κ1) is 13.1. The van der Waals surface area contributed by atoms with E-state index in [-0.39, 0.29) is 6.04 Å². The summed E-state index contributed by atoms with van der Waals surface area (Å²) >= 11 is 6.30. The van der Waals surface area contributed by atoms with Crippen molar-refractivity contribution in [3.63, 3.8) is 0 Å². The summed E-state index contributed by atoms with van der Waals surface area (Å²) in [6, 6.07) is 18.4. The Kier molecular flexibility index (Phi) is 3.68. The molecule has 0 aliphatic heterocycles. The lowest BCUT2D eigenvalue weighted by Gasteiger charge is -2.19. The van der Waals surface area contributed by atoms with Crippen molar-refractivity contribution >= 4 is 22.4 Å². The molecule has 0 saturated heterocycles. The second-order valence-electron chi connectivity index (χ2n) is 4.66. The Balaban J connectivity index is 2.20. The molecule has 1 N–H and O–H groups in total. The molecular weight excluding hydrogens is 268 g/mol. The lowest BCUT2D eigenvalue weighted by Crippen LogP contribution is -2.19. The molecule has 0 fully saturated rings. The van der Waals surface area contributed by atoms with Gasteiger partial charge in [0.25, 0.3) is 0 Å². The highest BCUT2D eigenvalue weighted by Crippen LogP contribution is 2.30. The molecule has 100 valence electrons. The van der Waals surface area contributed by atoms with Crippen LogP contribution in [0.2, 0.25) is 5.02 Å². The van der Waals surface area contributed by atoms with E-state index in [1.165, 1.54) is 16.3 Å². The molecule has 0 aliphatic carbocycles. The predicted octanol–water partition coefficient (Wildman–Crippen LogP) is 4.20. The van der Waals surface area contributed by atoms with Crippen LogP contribution in [-0.2, 0) is 0 Å². The first-order valence-electron chi connectivity index (χ1n) is 6.56. The smallest absolute Gasteiger partial charge is 0.0804 e. The van der Waals surface area contributed by atoms with Gasteiger partial charge in [0.1, 0.15) is 0 Å². The van der Waals surface area contributed by atoms with Crippen molar-refractivity contribution in [1.82, 2.24) is 10.3 Å². The average molecular weight is 283 g/mol. The Morgan fingerprint density at radius 2 is 1.80 bits per heavy atom. The van der Waals surface area contributed by atoms with Gasteiger partial charge in [0.15, 0.2) is 0 Å². The van der Waals surface area contributed by atoms with Crippen LogP contribution in [0, 0.1) is 0 Å². The monoisotopic (exact) mass is 282 g/mol. The van der Waals surface area contributed by atoms with E-state index in [4.69, 9.17) is 11.6 Å². The first-order valence-corrected chi connectivity index (χ1v) is 6.94. The van der Waals surface area contributed by atoms with E-state index in [1.54, 1.807) is 6.20 Å². The molecule has 2 nitrogen and oxygen atoms in total. The number of hydrogen-bond donors (Lipinski definition) is 1.